The number of carbonyl (C=O) groups is 1. The van der Waals surface area contributed by atoms with Crippen LogP contribution in [-0.4, -0.2) is 33.5 Å². The molecule has 0 aromatic heterocycles. The Hall–Kier alpha value is -0.860. The molecule has 0 aliphatic carbocycles. The highest BCUT2D eigenvalue weighted by Gasteiger charge is 2.21. The molecule has 1 rings (SSSR count). The minimum Gasteiger partial charge on any atom is -0.355 e. The third-order valence-electron chi connectivity index (χ3n) is 2.53. The van der Waals surface area contributed by atoms with Crippen LogP contribution in [0.2, 0.25) is 5.02 Å². The van der Waals surface area contributed by atoms with Gasteiger partial charge in [0.15, 0.2) is 0 Å². The number of carbonyl (C=O) groups excluding carboxylic acids is 1. The third-order valence-corrected chi connectivity index (χ3v) is 4.34. The fraction of sp³-hybridized carbons (Fsp3) is 0.417. The lowest BCUT2D eigenvalue weighted by Gasteiger charge is -2.14. The Morgan fingerprint density at radius 3 is 2.43 bits per heavy atom. The highest BCUT2D eigenvalue weighted by Crippen LogP contribution is 2.14. The van der Waals surface area contributed by atoms with Gasteiger partial charge in [0.1, 0.15) is 0 Å². The molecule has 1 unspecified atom stereocenters. The Labute approximate surface area is 135 Å². The van der Waals surface area contributed by atoms with Gasteiger partial charge in [0, 0.05) is 11.6 Å². The molecule has 0 radical (unpaired) electrons. The molecule has 0 bridgehead atoms. The highest BCUT2D eigenvalue weighted by atomic mass is 35.5. The van der Waals surface area contributed by atoms with Crippen molar-refractivity contribution in [2.45, 2.75) is 24.3 Å². The van der Waals surface area contributed by atoms with Crippen LogP contribution in [0.5, 0.6) is 0 Å². The van der Waals surface area contributed by atoms with Gasteiger partial charge >= 0.3 is 0 Å². The molecule has 1 aromatic carbocycles. The molecule has 4 N–H and O–H groups in total. The molecule has 0 saturated carbocycles. The van der Waals surface area contributed by atoms with E-state index in [4.69, 9.17) is 17.3 Å². The lowest BCUT2D eigenvalue weighted by atomic mass is 10.3. The van der Waals surface area contributed by atoms with Crippen molar-refractivity contribution in [1.29, 1.82) is 0 Å². The molecule has 21 heavy (non-hydrogen) atoms. The largest absolute Gasteiger partial charge is 0.355 e. The van der Waals surface area contributed by atoms with Gasteiger partial charge in [-0.2, -0.15) is 4.72 Å². The van der Waals surface area contributed by atoms with Crippen molar-refractivity contribution in [2.75, 3.05) is 13.1 Å². The van der Waals surface area contributed by atoms with E-state index in [1.807, 2.05) is 0 Å². The van der Waals surface area contributed by atoms with Gasteiger partial charge in [-0.15, -0.1) is 12.4 Å². The van der Waals surface area contributed by atoms with E-state index in [-0.39, 0.29) is 17.3 Å². The second-order valence-corrected chi connectivity index (χ2v) is 6.38. The highest BCUT2D eigenvalue weighted by molar-refractivity contribution is 7.89. The van der Waals surface area contributed by atoms with Crippen LogP contribution in [0.15, 0.2) is 29.2 Å². The molecule has 0 fully saturated rings. The first kappa shape index (κ1) is 20.1. The van der Waals surface area contributed by atoms with E-state index in [0.29, 0.717) is 24.5 Å². The molecule has 1 aromatic rings. The molecular formula is C12H19Cl2N3O3S. The summed E-state index contributed by atoms with van der Waals surface area (Å²) in [6, 6.07) is 4.84. The van der Waals surface area contributed by atoms with E-state index in [0.717, 1.165) is 0 Å². The van der Waals surface area contributed by atoms with Crippen LogP contribution in [-0.2, 0) is 14.8 Å². The van der Waals surface area contributed by atoms with Gasteiger partial charge in [0.05, 0.1) is 10.9 Å². The van der Waals surface area contributed by atoms with Crippen molar-refractivity contribution in [3.63, 3.8) is 0 Å². The maximum absolute atomic E-state index is 12.0. The van der Waals surface area contributed by atoms with Crippen LogP contribution in [0, 0.1) is 0 Å². The van der Waals surface area contributed by atoms with E-state index in [9.17, 15) is 13.2 Å². The van der Waals surface area contributed by atoms with E-state index in [1.54, 1.807) is 0 Å². The van der Waals surface area contributed by atoms with Gasteiger partial charge in [0.2, 0.25) is 15.9 Å². The quantitative estimate of drug-likeness (QED) is 0.632. The Morgan fingerprint density at radius 1 is 1.33 bits per heavy atom. The van der Waals surface area contributed by atoms with Gasteiger partial charge in [-0.05, 0) is 44.2 Å². The molecule has 0 spiro atoms. The second-order valence-electron chi connectivity index (χ2n) is 4.23. The third kappa shape index (κ3) is 6.62. The number of amides is 1. The molecule has 0 aliphatic rings. The molecule has 9 heteroatoms. The summed E-state index contributed by atoms with van der Waals surface area (Å²) in [5.74, 6) is -0.393. The maximum Gasteiger partial charge on any atom is 0.241 e. The van der Waals surface area contributed by atoms with E-state index >= 15 is 0 Å². The summed E-state index contributed by atoms with van der Waals surface area (Å²) in [7, 11) is -3.75. The van der Waals surface area contributed by atoms with Crippen molar-refractivity contribution in [3.05, 3.63) is 29.3 Å². The zero-order valence-electron chi connectivity index (χ0n) is 11.5. The zero-order chi connectivity index (χ0) is 15.2. The average molecular weight is 356 g/mol. The molecule has 0 heterocycles. The number of hydrogen-bond donors (Lipinski definition) is 3. The fourth-order valence-electron chi connectivity index (χ4n) is 1.43. The topological polar surface area (TPSA) is 101 Å². The minimum absolute atomic E-state index is 0. The fourth-order valence-corrected chi connectivity index (χ4v) is 2.76. The summed E-state index contributed by atoms with van der Waals surface area (Å²) < 4.78 is 26.4. The predicted octanol–water partition coefficient (Wildman–Crippen LogP) is 0.894. The van der Waals surface area contributed by atoms with Crippen LogP contribution in [0.4, 0.5) is 0 Å². The van der Waals surface area contributed by atoms with Crippen molar-refractivity contribution in [3.8, 4) is 0 Å². The number of sulfonamides is 1. The molecule has 6 nitrogen and oxygen atoms in total. The normalized spacial score (nSPS) is 12.3. The van der Waals surface area contributed by atoms with Gasteiger partial charge in [-0.3, -0.25) is 4.79 Å². The van der Waals surface area contributed by atoms with Crippen LogP contribution in [0.1, 0.15) is 13.3 Å². The van der Waals surface area contributed by atoms with E-state index < -0.39 is 22.0 Å². The Balaban J connectivity index is 0.00000400. The standard InChI is InChI=1S/C12H18ClN3O3S.ClH/c1-9(12(17)15-8-2-7-14)16-20(18,19)11-5-3-10(13)4-6-11;/h3-6,9,16H,2,7-8,14H2,1H3,(H,15,17);1H. The Morgan fingerprint density at radius 2 is 1.90 bits per heavy atom. The van der Waals surface area contributed by atoms with E-state index in [1.165, 1.54) is 31.2 Å². The van der Waals surface area contributed by atoms with Crippen LogP contribution < -0.4 is 15.8 Å². The smallest absolute Gasteiger partial charge is 0.241 e. The van der Waals surface area contributed by atoms with Crippen molar-refractivity contribution >= 4 is 39.9 Å². The minimum atomic E-state index is -3.75. The molecule has 1 amide bonds. The summed E-state index contributed by atoms with van der Waals surface area (Å²) in [5.41, 5.74) is 5.31. The lowest BCUT2D eigenvalue weighted by Crippen LogP contribution is -2.45. The summed E-state index contributed by atoms with van der Waals surface area (Å²) in [6.45, 7) is 2.36. The summed E-state index contributed by atoms with van der Waals surface area (Å²) in [5, 5.41) is 3.04. The summed E-state index contributed by atoms with van der Waals surface area (Å²) in [6.07, 6.45) is 0.641. The Bertz CT molecular complexity index is 549. The number of nitrogens with two attached hydrogens (primary N) is 1. The number of nitrogens with one attached hydrogen (secondary N) is 2. The van der Waals surface area contributed by atoms with E-state index in [2.05, 4.69) is 10.0 Å². The average Bonchev–Trinajstić information content (AvgIpc) is 2.38. The van der Waals surface area contributed by atoms with Gasteiger partial charge < -0.3 is 11.1 Å². The second kappa shape index (κ2) is 9.22. The SMILES string of the molecule is CC(NS(=O)(=O)c1ccc(Cl)cc1)C(=O)NCCCN.Cl. The van der Waals surface area contributed by atoms with Crippen molar-refractivity contribution < 1.29 is 13.2 Å². The first-order chi connectivity index (χ1) is 9.36. The van der Waals surface area contributed by atoms with Gasteiger partial charge in [-0.1, -0.05) is 11.6 Å². The van der Waals surface area contributed by atoms with Crippen LogP contribution >= 0.6 is 24.0 Å². The predicted molar refractivity (Wildman–Crippen MR) is 85.2 cm³/mol. The Kier molecular flexibility index (Phi) is 8.84. The molecule has 120 valence electrons. The molecular weight excluding hydrogens is 337 g/mol. The van der Waals surface area contributed by atoms with Crippen molar-refractivity contribution in [1.82, 2.24) is 10.0 Å². The number of benzene rings is 1. The summed E-state index contributed by atoms with van der Waals surface area (Å²) in [4.78, 5) is 11.7. The monoisotopic (exact) mass is 355 g/mol. The number of halogens is 2. The zero-order valence-corrected chi connectivity index (χ0v) is 13.9. The summed E-state index contributed by atoms with van der Waals surface area (Å²) >= 11 is 5.70. The molecule has 0 saturated heterocycles. The molecule has 0 aliphatic heterocycles. The number of rotatable bonds is 7. The first-order valence-electron chi connectivity index (χ1n) is 6.12. The van der Waals surface area contributed by atoms with Gasteiger partial charge in [-0.25, -0.2) is 8.42 Å². The van der Waals surface area contributed by atoms with Crippen LogP contribution in [0.25, 0.3) is 0 Å². The maximum atomic E-state index is 12.0. The molecule has 1 atom stereocenters. The first-order valence-corrected chi connectivity index (χ1v) is 7.98. The number of hydrogen-bond acceptors (Lipinski definition) is 4. The van der Waals surface area contributed by atoms with Crippen LogP contribution in [0.3, 0.4) is 0 Å². The van der Waals surface area contributed by atoms with Crippen molar-refractivity contribution in [2.24, 2.45) is 5.73 Å². The lowest BCUT2D eigenvalue weighted by molar-refractivity contribution is -0.122. The van der Waals surface area contributed by atoms with Gasteiger partial charge in [0.25, 0.3) is 0 Å².